The molecule has 5 heteroatoms. The van der Waals surface area contributed by atoms with Crippen LogP contribution < -0.4 is 4.74 Å². The second-order valence-corrected chi connectivity index (χ2v) is 3.91. The van der Waals surface area contributed by atoms with Crippen molar-refractivity contribution in [3.05, 3.63) is 64.7 Å². The molecule has 0 radical (unpaired) electrons. The van der Waals surface area contributed by atoms with E-state index < -0.39 is 17.6 Å². The van der Waals surface area contributed by atoms with Crippen LogP contribution in [0.5, 0.6) is 5.75 Å². The minimum atomic E-state index is -1.10. The zero-order chi connectivity index (χ0) is 13.1. The maximum Gasteiger partial charge on any atom is 0.343 e. The largest absolute Gasteiger partial charge is 0.423 e. The molecule has 0 bridgehead atoms. The number of carbonyl (C=O) groups excluding carboxylic acids is 1. The van der Waals surface area contributed by atoms with Crippen molar-refractivity contribution in [3.63, 3.8) is 0 Å². The van der Waals surface area contributed by atoms with E-state index >= 15 is 0 Å². The van der Waals surface area contributed by atoms with Crippen molar-refractivity contribution in [2.75, 3.05) is 0 Å². The zero-order valence-electron chi connectivity index (χ0n) is 8.99. The highest BCUT2D eigenvalue weighted by molar-refractivity contribution is 6.30. The van der Waals surface area contributed by atoms with Gasteiger partial charge in [0.05, 0.1) is 5.56 Å². The van der Waals surface area contributed by atoms with E-state index in [4.69, 9.17) is 16.3 Å². The van der Waals surface area contributed by atoms with Gasteiger partial charge in [-0.3, -0.25) is 0 Å². The lowest BCUT2D eigenvalue weighted by molar-refractivity contribution is 0.0734. The first-order chi connectivity index (χ1) is 8.56. The van der Waals surface area contributed by atoms with Crippen LogP contribution in [0.4, 0.5) is 8.78 Å². The molecule has 2 rings (SSSR count). The number of ether oxygens (including phenoxy) is 1. The Labute approximate surface area is 107 Å². The Bertz CT molecular complexity index is 582. The summed E-state index contributed by atoms with van der Waals surface area (Å²) in [6.45, 7) is 0. The predicted octanol–water partition coefficient (Wildman–Crippen LogP) is 3.84. The zero-order valence-corrected chi connectivity index (χ0v) is 9.75. The van der Waals surface area contributed by atoms with E-state index in [1.54, 1.807) is 12.1 Å². The molecule has 0 aliphatic carbocycles. The molecule has 0 amide bonds. The minimum absolute atomic E-state index is 0.0659. The Balaban J connectivity index is 2.16. The van der Waals surface area contributed by atoms with E-state index in [0.29, 0.717) is 5.02 Å². The van der Waals surface area contributed by atoms with Gasteiger partial charge in [0.15, 0.2) is 11.6 Å². The predicted molar refractivity (Wildman–Crippen MR) is 62.8 cm³/mol. The molecule has 2 aromatic rings. The summed E-state index contributed by atoms with van der Waals surface area (Å²) in [6, 6.07) is 8.91. The number of benzene rings is 2. The number of hydrogen-bond acceptors (Lipinski definition) is 2. The molecule has 0 spiro atoms. The third-order valence-corrected chi connectivity index (χ3v) is 2.43. The van der Waals surface area contributed by atoms with E-state index in [1.807, 2.05) is 0 Å². The molecular formula is C13H7ClF2O2. The first kappa shape index (κ1) is 12.5. The monoisotopic (exact) mass is 268 g/mol. The smallest absolute Gasteiger partial charge is 0.343 e. The highest BCUT2D eigenvalue weighted by Crippen LogP contribution is 2.17. The molecule has 0 saturated carbocycles. The second kappa shape index (κ2) is 5.14. The van der Waals surface area contributed by atoms with Crippen molar-refractivity contribution in [2.24, 2.45) is 0 Å². The van der Waals surface area contributed by atoms with Crippen molar-refractivity contribution in [1.29, 1.82) is 0 Å². The third kappa shape index (κ3) is 2.84. The summed E-state index contributed by atoms with van der Waals surface area (Å²) >= 11 is 5.67. The molecule has 2 nitrogen and oxygen atoms in total. The summed E-state index contributed by atoms with van der Waals surface area (Å²) in [5, 5.41) is 0.502. The van der Waals surface area contributed by atoms with Gasteiger partial charge in [0.2, 0.25) is 0 Å². The Hall–Kier alpha value is -1.94. The summed E-state index contributed by atoms with van der Waals surface area (Å²) in [5.41, 5.74) is -0.0659. The van der Waals surface area contributed by atoms with Crippen LogP contribution in [0, 0.1) is 11.6 Å². The standard InChI is InChI=1S/C13H7ClF2O2/c14-9-2-4-10(5-3-9)18-13(17)8-1-6-11(15)12(16)7-8/h1-7H. The van der Waals surface area contributed by atoms with Crippen LogP contribution >= 0.6 is 11.6 Å². The minimum Gasteiger partial charge on any atom is -0.423 e. The Kier molecular flexibility index (Phi) is 3.58. The van der Waals surface area contributed by atoms with E-state index in [0.717, 1.165) is 18.2 Å². The van der Waals surface area contributed by atoms with E-state index in [1.165, 1.54) is 12.1 Å². The lowest BCUT2D eigenvalue weighted by Crippen LogP contribution is -2.09. The first-order valence-corrected chi connectivity index (χ1v) is 5.37. The van der Waals surface area contributed by atoms with Gasteiger partial charge in [0.1, 0.15) is 5.75 Å². The van der Waals surface area contributed by atoms with Crippen LogP contribution in [0.2, 0.25) is 5.02 Å². The SMILES string of the molecule is O=C(Oc1ccc(Cl)cc1)c1ccc(F)c(F)c1. The number of carbonyl (C=O) groups is 1. The highest BCUT2D eigenvalue weighted by Gasteiger charge is 2.11. The highest BCUT2D eigenvalue weighted by atomic mass is 35.5. The Morgan fingerprint density at radius 3 is 2.28 bits per heavy atom. The lowest BCUT2D eigenvalue weighted by atomic mass is 10.2. The third-order valence-electron chi connectivity index (χ3n) is 2.18. The summed E-state index contributed by atoms with van der Waals surface area (Å²) < 4.78 is 30.6. The number of esters is 1. The fourth-order valence-corrected chi connectivity index (χ4v) is 1.42. The molecule has 92 valence electrons. The molecule has 0 aliphatic heterocycles. The molecule has 18 heavy (non-hydrogen) atoms. The van der Waals surface area contributed by atoms with Gasteiger partial charge >= 0.3 is 5.97 Å². The average Bonchev–Trinajstić information content (AvgIpc) is 2.35. The molecule has 0 aromatic heterocycles. The summed E-state index contributed by atoms with van der Waals surface area (Å²) in [5.74, 6) is -2.61. The van der Waals surface area contributed by atoms with Gasteiger partial charge in [-0.2, -0.15) is 0 Å². The summed E-state index contributed by atoms with van der Waals surface area (Å²) in [4.78, 5) is 11.6. The van der Waals surface area contributed by atoms with Crippen LogP contribution in [0.1, 0.15) is 10.4 Å². The molecule has 0 saturated heterocycles. The maximum absolute atomic E-state index is 12.9. The lowest BCUT2D eigenvalue weighted by Gasteiger charge is -2.04. The van der Waals surface area contributed by atoms with Gasteiger partial charge in [-0.05, 0) is 42.5 Å². The summed E-state index contributed by atoms with van der Waals surface area (Å²) in [7, 11) is 0. The van der Waals surface area contributed by atoms with Crippen molar-refractivity contribution < 1.29 is 18.3 Å². The van der Waals surface area contributed by atoms with Crippen LogP contribution in [0.3, 0.4) is 0 Å². The second-order valence-electron chi connectivity index (χ2n) is 3.47. The number of hydrogen-bond donors (Lipinski definition) is 0. The molecular weight excluding hydrogens is 262 g/mol. The van der Waals surface area contributed by atoms with Gasteiger partial charge in [0.25, 0.3) is 0 Å². The molecule has 0 atom stereocenters. The topological polar surface area (TPSA) is 26.3 Å². The van der Waals surface area contributed by atoms with Gasteiger partial charge in [-0.25, -0.2) is 13.6 Å². The summed E-state index contributed by atoms with van der Waals surface area (Å²) in [6.07, 6.45) is 0. The van der Waals surface area contributed by atoms with E-state index in [9.17, 15) is 13.6 Å². The fourth-order valence-electron chi connectivity index (χ4n) is 1.29. The molecule has 0 N–H and O–H groups in total. The molecule has 0 aliphatic rings. The van der Waals surface area contributed by atoms with Crippen molar-refractivity contribution in [3.8, 4) is 5.75 Å². The average molecular weight is 269 g/mol. The first-order valence-electron chi connectivity index (χ1n) is 4.99. The van der Waals surface area contributed by atoms with Crippen LogP contribution in [0.25, 0.3) is 0 Å². The number of halogens is 3. The molecule has 0 heterocycles. The van der Waals surface area contributed by atoms with Crippen molar-refractivity contribution in [1.82, 2.24) is 0 Å². The Morgan fingerprint density at radius 1 is 1.00 bits per heavy atom. The quantitative estimate of drug-likeness (QED) is 0.611. The van der Waals surface area contributed by atoms with Crippen molar-refractivity contribution >= 4 is 17.6 Å². The van der Waals surface area contributed by atoms with E-state index in [2.05, 4.69) is 0 Å². The van der Waals surface area contributed by atoms with E-state index in [-0.39, 0.29) is 11.3 Å². The molecule has 0 fully saturated rings. The Morgan fingerprint density at radius 2 is 1.67 bits per heavy atom. The van der Waals surface area contributed by atoms with Gasteiger partial charge in [0, 0.05) is 5.02 Å². The normalized spacial score (nSPS) is 10.2. The van der Waals surface area contributed by atoms with Crippen LogP contribution in [-0.4, -0.2) is 5.97 Å². The van der Waals surface area contributed by atoms with Gasteiger partial charge in [-0.1, -0.05) is 11.6 Å². The maximum atomic E-state index is 12.9. The fraction of sp³-hybridized carbons (Fsp3) is 0. The van der Waals surface area contributed by atoms with Crippen molar-refractivity contribution in [2.45, 2.75) is 0 Å². The van der Waals surface area contributed by atoms with Crippen LogP contribution in [0.15, 0.2) is 42.5 Å². The van der Waals surface area contributed by atoms with Gasteiger partial charge in [-0.15, -0.1) is 0 Å². The molecule has 2 aromatic carbocycles. The molecule has 0 unspecified atom stereocenters. The number of rotatable bonds is 2. The van der Waals surface area contributed by atoms with Gasteiger partial charge < -0.3 is 4.74 Å². The van der Waals surface area contributed by atoms with Crippen LogP contribution in [-0.2, 0) is 0 Å².